The van der Waals surface area contributed by atoms with Gasteiger partial charge in [-0.2, -0.15) is 0 Å². The summed E-state index contributed by atoms with van der Waals surface area (Å²) in [4.78, 5) is 0. The molecule has 7 nitrogen and oxygen atoms in total. The van der Waals surface area contributed by atoms with E-state index < -0.39 is 0 Å². The molecule has 0 radical (unpaired) electrons. The van der Waals surface area contributed by atoms with Crippen molar-refractivity contribution < 1.29 is 4.42 Å². The molecule has 3 rings (SSSR count). The number of rotatable bonds is 5. The number of nitrogens with zero attached hydrogens (tertiary/aromatic N) is 5. The summed E-state index contributed by atoms with van der Waals surface area (Å²) in [5.41, 5.74) is 0.786. The monoisotopic (exact) mass is 318 g/mol. The summed E-state index contributed by atoms with van der Waals surface area (Å²) in [6.07, 6.45) is 1.68. The van der Waals surface area contributed by atoms with Gasteiger partial charge in [0.05, 0.1) is 0 Å². The van der Waals surface area contributed by atoms with Gasteiger partial charge in [0.2, 0.25) is 5.89 Å². The van der Waals surface area contributed by atoms with E-state index in [-0.39, 0.29) is 5.92 Å². The molecule has 1 aromatic carbocycles. The van der Waals surface area contributed by atoms with E-state index in [0.29, 0.717) is 23.5 Å². The van der Waals surface area contributed by atoms with Crippen molar-refractivity contribution in [1.82, 2.24) is 25.0 Å². The average molecular weight is 319 g/mol. The van der Waals surface area contributed by atoms with Crippen LogP contribution in [0.25, 0.3) is 11.5 Å². The van der Waals surface area contributed by atoms with Crippen molar-refractivity contribution in [1.29, 1.82) is 0 Å². The number of benzene rings is 1. The van der Waals surface area contributed by atoms with Crippen LogP contribution in [-0.2, 0) is 7.05 Å². The van der Waals surface area contributed by atoms with Crippen LogP contribution in [0.4, 0.5) is 6.01 Å². The van der Waals surface area contributed by atoms with E-state index in [2.05, 4.69) is 25.7 Å². The van der Waals surface area contributed by atoms with Crippen LogP contribution >= 0.6 is 11.6 Å². The average Bonchev–Trinajstić information content (AvgIpc) is 3.14. The first-order valence-electron chi connectivity index (χ1n) is 6.80. The number of hydrogen-bond donors (Lipinski definition) is 1. The van der Waals surface area contributed by atoms with E-state index in [1.54, 1.807) is 18.5 Å². The predicted molar refractivity (Wildman–Crippen MR) is 82.7 cm³/mol. The third-order valence-electron chi connectivity index (χ3n) is 3.24. The largest absolute Gasteiger partial charge is 0.403 e. The van der Waals surface area contributed by atoms with Crippen LogP contribution in [0.3, 0.4) is 0 Å². The Morgan fingerprint density at radius 3 is 2.91 bits per heavy atom. The van der Waals surface area contributed by atoms with Gasteiger partial charge in [-0.25, -0.2) is 0 Å². The number of aromatic nitrogens is 5. The Labute approximate surface area is 132 Å². The zero-order chi connectivity index (χ0) is 15.5. The molecular formula is C14H15ClN6O. The number of nitrogens with one attached hydrogen (secondary N) is 1. The second kappa shape index (κ2) is 6.15. The Hall–Kier alpha value is -2.41. The van der Waals surface area contributed by atoms with Gasteiger partial charge in [-0.1, -0.05) is 29.7 Å². The zero-order valence-electron chi connectivity index (χ0n) is 12.2. The molecule has 0 aliphatic heterocycles. The predicted octanol–water partition coefficient (Wildman–Crippen LogP) is 2.73. The summed E-state index contributed by atoms with van der Waals surface area (Å²) >= 11 is 5.96. The highest BCUT2D eigenvalue weighted by molar-refractivity contribution is 6.30. The Bertz CT molecular complexity index is 768. The summed E-state index contributed by atoms with van der Waals surface area (Å²) in [6, 6.07) is 7.64. The molecule has 2 aromatic heterocycles. The van der Waals surface area contributed by atoms with Crippen LogP contribution in [0, 0.1) is 0 Å². The molecule has 0 saturated heterocycles. The van der Waals surface area contributed by atoms with Crippen LogP contribution in [0.1, 0.15) is 18.7 Å². The standard InChI is InChI=1S/C14H15ClN6O/c1-9(12-18-17-8-21(12)2)7-16-14-20-19-13(22-14)10-4-3-5-11(15)6-10/h3-6,8-9H,7H2,1-2H3,(H,16,20). The van der Waals surface area contributed by atoms with Crippen LogP contribution in [-0.4, -0.2) is 31.5 Å². The van der Waals surface area contributed by atoms with Gasteiger partial charge in [0.25, 0.3) is 0 Å². The van der Waals surface area contributed by atoms with Gasteiger partial charge in [-0.3, -0.25) is 0 Å². The minimum Gasteiger partial charge on any atom is -0.403 e. The highest BCUT2D eigenvalue weighted by atomic mass is 35.5. The highest BCUT2D eigenvalue weighted by Gasteiger charge is 2.13. The van der Waals surface area contributed by atoms with E-state index in [1.807, 2.05) is 30.7 Å². The lowest BCUT2D eigenvalue weighted by molar-refractivity contribution is 0.573. The Kier molecular flexibility index (Phi) is 4.06. The number of aryl methyl sites for hydroxylation is 1. The molecule has 0 amide bonds. The Morgan fingerprint density at radius 1 is 1.32 bits per heavy atom. The van der Waals surface area contributed by atoms with Gasteiger partial charge < -0.3 is 14.3 Å². The molecule has 0 saturated carbocycles. The zero-order valence-corrected chi connectivity index (χ0v) is 12.9. The maximum atomic E-state index is 5.96. The van der Waals surface area contributed by atoms with Crippen molar-refractivity contribution >= 4 is 17.6 Å². The maximum absolute atomic E-state index is 5.96. The van der Waals surface area contributed by atoms with E-state index in [4.69, 9.17) is 16.0 Å². The lowest BCUT2D eigenvalue weighted by atomic mass is 10.1. The van der Waals surface area contributed by atoms with Crippen LogP contribution in [0.2, 0.25) is 5.02 Å². The molecular weight excluding hydrogens is 304 g/mol. The molecule has 1 atom stereocenters. The van der Waals surface area contributed by atoms with Crippen LogP contribution in [0.15, 0.2) is 35.0 Å². The Morgan fingerprint density at radius 2 is 2.18 bits per heavy atom. The molecule has 0 spiro atoms. The molecule has 0 aliphatic carbocycles. The van der Waals surface area contributed by atoms with E-state index in [9.17, 15) is 0 Å². The van der Waals surface area contributed by atoms with Gasteiger partial charge in [-0.05, 0) is 18.2 Å². The summed E-state index contributed by atoms with van der Waals surface area (Å²) in [7, 11) is 1.91. The van der Waals surface area contributed by atoms with Crippen LogP contribution in [0.5, 0.6) is 0 Å². The van der Waals surface area contributed by atoms with Crippen molar-refractivity contribution in [3.05, 3.63) is 41.4 Å². The molecule has 0 bridgehead atoms. The van der Waals surface area contributed by atoms with Gasteiger partial charge in [0, 0.05) is 30.1 Å². The van der Waals surface area contributed by atoms with Crippen molar-refractivity contribution in [3.63, 3.8) is 0 Å². The smallest absolute Gasteiger partial charge is 0.315 e. The summed E-state index contributed by atoms with van der Waals surface area (Å²) in [6.45, 7) is 2.66. The molecule has 3 aromatic rings. The molecule has 0 fully saturated rings. The molecule has 2 heterocycles. The molecule has 22 heavy (non-hydrogen) atoms. The minimum atomic E-state index is 0.161. The summed E-state index contributed by atoms with van der Waals surface area (Å²) < 4.78 is 7.47. The van der Waals surface area contributed by atoms with E-state index in [0.717, 1.165) is 11.4 Å². The number of hydrogen-bond acceptors (Lipinski definition) is 6. The quantitative estimate of drug-likeness (QED) is 0.779. The first-order chi connectivity index (χ1) is 10.6. The minimum absolute atomic E-state index is 0.161. The topological polar surface area (TPSA) is 81.7 Å². The van der Waals surface area contributed by atoms with Gasteiger partial charge >= 0.3 is 6.01 Å². The van der Waals surface area contributed by atoms with Crippen molar-refractivity contribution in [2.24, 2.45) is 7.05 Å². The maximum Gasteiger partial charge on any atom is 0.315 e. The third kappa shape index (κ3) is 3.09. The van der Waals surface area contributed by atoms with Crippen molar-refractivity contribution in [2.45, 2.75) is 12.8 Å². The van der Waals surface area contributed by atoms with Gasteiger partial charge in [0.15, 0.2) is 0 Å². The normalized spacial score (nSPS) is 12.3. The van der Waals surface area contributed by atoms with Gasteiger partial charge in [0.1, 0.15) is 12.2 Å². The van der Waals surface area contributed by atoms with E-state index in [1.165, 1.54) is 0 Å². The first-order valence-corrected chi connectivity index (χ1v) is 7.18. The summed E-state index contributed by atoms with van der Waals surface area (Å²) in [5.74, 6) is 1.48. The third-order valence-corrected chi connectivity index (χ3v) is 3.48. The molecule has 8 heteroatoms. The fraction of sp³-hybridized carbons (Fsp3) is 0.286. The van der Waals surface area contributed by atoms with E-state index >= 15 is 0 Å². The number of halogens is 1. The van der Waals surface area contributed by atoms with Crippen molar-refractivity contribution in [2.75, 3.05) is 11.9 Å². The second-order valence-electron chi connectivity index (χ2n) is 5.00. The highest BCUT2D eigenvalue weighted by Crippen LogP contribution is 2.23. The lowest BCUT2D eigenvalue weighted by Crippen LogP contribution is -2.13. The van der Waals surface area contributed by atoms with Crippen molar-refractivity contribution in [3.8, 4) is 11.5 Å². The first kappa shape index (κ1) is 14.5. The SMILES string of the molecule is CC(CNc1nnc(-c2cccc(Cl)c2)o1)c1nncn1C. The Balaban J connectivity index is 1.66. The van der Waals surface area contributed by atoms with Gasteiger partial charge in [-0.15, -0.1) is 15.3 Å². The number of anilines is 1. The second-order valence-corrected chi connectivity index (χ2v) is 5.44. The fourth-order valence-electron chi connectivity index (χ4n) is 2.10. The summed E-state index contributed by atoms with van der Waals surface area (Å²) in [5, 5.41) is 19.7. The lowest BCUT2D eigenvalue weighted by Gasteiger charge is -2.09. The molecule has 114 valence electrons. The molecule has 0 aliphatic rings. The van der Waals surface area contributed by atoms with Crippen LogP contribution < -0.4 is 5.32 Å². The fourth-order valence-corrected chi connectivity index (χ4v) is 2.29. The molecule has 1 N–H and O–H groups in total. The molecule has 1 unspecified atom stereocenters.